The Morgan fingerprint density at radius 3 is 0.806 bits per heavy atom. The molecule has 159 valence electrons. The Morgan fingerprint density at radius 1 is 0.484 bits per heavy atom. The van der Waals surface area contributed by atoms with Crippen molar-refractivity contribution in [1.82, 2.24) is 0 Å². The van der Waals surface area contributed by atoms with Gasteiger partial charge in [-0.05, 0) is 0 Å². The molecule has 0 bridgehead atoms. The third kappa shape index (κ3) is 25.7. The van der Waals surface area contributed by atoms with E-state index in [2.05, 4.69) is 40.4 Å². The summed E-state index contributed by atoms with van der Waals surface area (Å²) in [5.41, 5.74) is 3.22. The molecule has 0 aromatic heterocycles. The predicted molar refractivity (Wildman–Crippen MR) is 138 cm³/mol. The summed E-state index contributed by atoms with van der Waals surface area (Å²) in [7, 11) is 0.120. The predicted octanol–water partition coefficient (Wildman–Crippen LogP) is 8.38. The molecule has 4 rings (SSSR count). The van der Waals surface area contributed by atoms with Crippen LogP contribution in [-0.4, -0.2) is 8.80 Å². The van der Waals surface area contributed by atoms with Crippen LogP contribution in [0, 0.1) is 20.8 Å². The topological polar surface area (TPSA) is 0 Å². The van der Waals surface area contributed by atoms with Gasteiger partial charge in [0, 0.05) is 8.80 Å². The normalized spacial score (nSPS) is 8.26. The fourth-order valence-electron chi connectivity index (χ4n) is 1.75. The molecule has 1 radical (unpaired) electrons. The van der Waals surface area contributed by atoms with Crippen LogP contribution < -0.4 is 0 Å². The fraction of sp³-hybridized carbons (Fsp3) is 0.103. The first-order chi connectivity index (χ1) is 14.4. The zero-order valence-electron chi connectivity index (χ0n) is 19.2. The third-order valence-electron chi connectivity index (χ3n) is 3.08. The fourth-order valence-corrected chi connectivity index (χ4v) is 1.75. The average Bonchev–Trinajstić information content (AvgIpc) is 3.31. The molecule has 0 saturated heterocycles. The molecule has 0 spiro atoms. The summed E-state index contributed by atoms with van der Waals surface area (Å²) in [6.07, 6.45) is 0. The summed E-state index contributed by atoms with van der Waals surface area (Å²) in [6.45, 7) is 18.0. The van der Waals surface area contributed by atoms with Gasteiger partial charge in [-0.25, -0.2) is 12.1 Å². The van der Waals surface area contributed by atoms with Crippen molar-refractivity contribution in [2.75, 3.05) is 0 Å². The van der Waals surface area contributed by atoms with E-state index < -0.39 is 0 Å². The number of hydrogen-bond acceptors (Lipinski definition) is 0. The largest absolute Gasteiger partial charge is 4.00 e. The van der Waals surface area contributed by atoms with Crippen molar-refractivity contribution in [1.29, 1.82) is 0 Å². The Hall–Kier alpha value is -2.28. The van der Waals surface area contributed by atoms with Crippen molar-refractivity contribution in [3.05, 3.63) is 159 Å². The molecule has 4 aromatic rings. The second kappa shape index (κ2) is 22.4. The summed E-state index contributed by atoms with van der Waals surface area (Å²) in [5, 5.41) is 0. The van der Waals surface area contributed by atoms with Gasteiger partial charge in [-0.1, -0.05) is 37.8 Å². The first kappa shape index (κ1) is 30.9. The summed E-state index contributed by atoms with van der Waals surface area (Å²) >= 11 is 0. The van der Waals surface area contributed by atoms with E-state index in [4.69, 9.17) is 0 Å². The average molecular weight is 503 g/mol. The molecule has 0 fully saturated rings. The maximum atomic E-state index is 3.72. The molecular formula is C29H35SiZr. The first-order valence-corrected chi connectivity index (χ1v) is 13.0. The minimum absolute atomic E-state index is 0. The van der Waals surface area contributed by atoms with E-state index in [1.165, 1.54) is 0 Å². The van der Waals surface area contributed by atoms with Gasteiger partial charge in [0.05, 0.1) is 0 Å². The quantitative estimate of drug-likeness (QED) is 0.167. The van der Waals surface area contributed by atoms with Gasteiger partial charge in [0.1, 0.15) is 0 Å². The summed E-state index contributed by atoms with van der Waals surface area (Å²) < 4.78 is 0. The van der Waals surface area contributed by atoms with Gasteiger partial charge in [0.25, 0.3) is 0 Å². The molecule has 2 heteroatoms. The molecule has 0 aliphatic heterocycles. The van der Waals surface area contributed by atoms with Gasteiger partial charge in [0.15, 0.2) is 0 Å². The second-order valence-electron chi connectivity index (χ2n) is 6.92. The molecular weight excluding hydrogens is 468 g/mol. The Kier molecular flexibility index (Phi) is 22.3. The molecule has 0 saturated carbocycles. The Balaban J connectivity index is 0. The third-order valence-corrected chi connectivity index (χ3v) is 3.08. The van der Waals surface area contributed by atoms with Crippen molar-refractivity contribution in [2.45, 2.75) is 19.6 Å². The van der Waals surface area contributed by atoms with Gasteiger partial charge in [-0.3, -0.25) is 0 Å². The summed E-state index contributed by atoms with van der Waals surface area (Å²) in [6, 6.07) is 39.6. The van der Waals surface area contributed by atoms with Crippen LogP contribution in [0.2, 0.25) is 19.6 Å². The number of rotatable bonds is 0. The van der Waals surface area contributed by atoms with Crippen LogP contribution in [0.1, 0.15) is 16.7 Å². The molecule has 4 aromatic carbocycles. The van der Waals surface area contributed by atoms with E-state index in [1.807, 2.05) is 121 Å². The van der Waals surface area contributed by atoms with Crippen molar-refractivity contribution < 1.29 is 26.2 Å². The van der Waals surface area contributed by atoms with E-state index in [-0.39, 0.29) is 35.0 Å². The van der Waals surface area contributed by atoms with Gasteiger partial charge in [-0.15, -0.1) is 36.4 Å². The van der Waals surface area contributed by atoms with Crippen LogP contribution in [0.25, 0.3) is 0 Å². The minimum Gasteiger partial charge on any atom is -0.214 e. The van der Waals surface area contributed by atoms with Crippen LogP contribution in [0.5, 0.6) is 0 Å². The van der Waals surface area contributed by atoms with Crippen LogP contribution in [0.4, 0.5) is 0 Å². The van der Waals surface area contributed by atoms with Gasteiger partial charge in [-0.2, -0.15) is 92.1 Å². The molecule has 0 aliphatic carbocycles. The molecule has 0 heterocycles. The molecule has 0 amide bonds. The smallest absolute Gasteiger partial charge is 0.214 e. The van der Waals surface area contributed by atoms with Crippen molar-refractivity contribution in [2.24, 2.45) is 0 Å². The monoisotopic (exact) mass is 501 g/mol. The number of hydrogen-bond donors (Lipinski definition) is 0. The van der Waals surface area contributed by atoms with Gasteiger partial charge in [0.2, 0.25) is 0 Å². The van der Waals surface area contributed by atoms with Crippen LogP contribution in [0.15, 0.2) is 121 Å². The van der Waals surface area contributed by atoms with E-state index in [1.54, 1.807) is 0 Å². The maximum Gasteiger partial charge on any atom is 4.00 e. The van der Waals surface area contributed by atoms with E-state index in [0.717, 1.165) is 16.7 Å². The standard InChI is InChI=1S/3C7H7.C5H5.C3H9Si.Zr/c3*1-7-5-3-2-4-6-7;1-2-4-5-3-1;1-4(2)3;/h3*2-6H,1H2;1-5H;1-3H3;/q4*-1;;+4. The van der Waals surface area contributed by atoms with Crippen LogP contribution in [-0.2, 0) is 26.2 Å². The molecule has 0 unspecified atom stereocenters. The van der Waals surface area contributed by atoms with Gasteiger partial charge < -0.3 is 0 Å². The van der Waals surface area contributed by atoms with Crippen molar-refractivity contribution in [3.63, 3.8) is 0 Å². The number of benzene rings is 3. The van der Waals surface area contributed by atoms with Gasteiger partial charge >= 0.3 is 26.2 Å². The first-order valence-electron chi connectivity index (χ1n) is 9.96. The molecule has 31 heavy (non-hydrogen) atoms. The Labute approximate surface area is 212 Å². The minimum atomic E-state index is 0. The summed E-state index contributed by atoms with van der Waals surface area (Å²) in [4.78, 5) is 0. The Bertz CT molecular complexity index is 686. The molecule has 0 N–H and O–H groups in total. The molecule has 0 atom stereocenters. The van der Waals surface area contributed by atoms with E-state index in [0.29, 0.717) is 0 Å². The van der Waals surface area contributed by atoms with E-state index in [9.17, 15) is 0 Å². The molecule has 0 aliphatic rings. The second-order valence-corrected chi connectivity index (χ2v) is 9.92. The maximum absolute atomic E-state index is 3.72. The van der Waals surface area contributed by atoms with E-state index >= 15 is 0 Å². The van der Waals surface area contributed by atoms with Crippen LogP contribution >= 0.6 is 0 Å². The zero-order chi connectivity index (χ0) is 22.5. The van der Waals surface area contributed by atoms with Crippen LogP contribution in [0.3, 0.4) is 0 Å². The van der Waals surface area contributed by atoms with Crippen molar-refractivity contribution >= 4 is 8.80 Å². The Morgan fingerprint density at radius 2 is 0.710 bits per heavy atom. The zero-order valence-corrected chi connectivity index (χ0v) is 22.6. The van der Waals surface area contributed by atoms with Crippen molar-refractivity contribution in [3.8, 4) is 0 Å². The summed E-state index contributed by atoms with van der Waals surface area (Å²) in [5.74, 6) is 0. The molecule has 0 nitrogen and oxygen atoms in total. The SMILES string of the molecule is C[Si](C)C.[CH2-]c1ccccc1.[CH2-]c1ccccc1.[CH2-]c1ccccc1.[Zr+4].c1cc[cH-]c1.